The third-order valence-electron chi connectivity index (χ3n) is 3.64. The first kappa shape index (κ1) is 17.0. The van der Waals surface area contributed by atoms with Crippen molar-refractivity contribution in [1.82, 2.24) is 14.5 Å². The summed E-state index contributed by atoms with van der Waals surface area (Å²) >= 11 is 6.07. The van der Waals surface area contributed by atoms with Crippen molar-refractivity contribution in [2.45, 2.75) is 13.1 Å². The minimum absolute atomic E-state index is 0.0133. The standard InChI is InChI=1S/C18H17ClN4O2/c1-25-18-21-11-15(19)17(22-18)20-10-13-5-7-14(8-6-13)12-23-9-3-2-4-16(23)24/h2-9,11H,10,12H2,1H3,(H,20,21,22). The highest BCUT2D eigenvalue weighted by Crippen LogP contribution is 2.20. The maximum atomic E-state index is 11.8. The van der Waals surface area contributed by atoms with Crippen molar-refractivity contribution in [2.24, 2.45) is 0 Å². The minimum Gasteiger partial charge on any atom is -0.467 e. The Morgan fingerprint density at radius 2 is 1.92 bits per heavy atom. The lowest BCUT2D eigenvalue weighted by Gasteiger charge is -2.09. The number of rotatable bonds is 6. The summed E-state index contributed by atoms with van der Waals surface area (Å²) in [5, 5.41) is 3.60. The lowest BCUT2D eigenvalue weighted by atomic mass is 10.1. The molecule has 0 unspecified atom stereocenters. The van der Waals surface area contributed by atoms with Crippen LogP contribution in [-0.2, 0) is 13.1 Å². The molecule has 7 heteroatoms. The van der Waals surface area contributed by atoms with Crippen molar-refractivity contribution in [3.05, 3.63) is 81.4 Å². The lowest BCUT2D eigenvalue weighted by Crippen LogP contribution is -2.18. The van der Waals surface area contributed by atoms with E-state index in [0.717, 1.165) is 11.1 Å². The molecule has 3 aromatic rings. The second-order valence-electron chi connectivity index (χ2n) is 5.39. The van der Waals surface area contributed by atoms with E-state index in [0.29, 0.717) is 23.9 Å². The van der Waals surface area contributed by atoms with Gasteiger partial charge in [-0.25, -0.2) is 4.98 Å². The van der Waals surface area contributed by atoms with E-state index in [-0.39, 0.29) is 11.6 Å². The van der Waals surface area contributed by atoms with Gasteiger partial charge in [-0.1, -0.05) is 41.9 Å². The van der Waals surface area contributed by atoms with Gasteiger partial charge in [0.25, 0.3) is 5.56 Å². The average molecular weight is 357 g/mol. The Morgan fingerprint density at radius 1 is 1.16 bits per heavy atom. The Hall–Kier alpha value is -2.86. The number of nitrogens with one attached hydrogen (secondary N) is 1. The number of halogens is 1. The van der Waals surface area contributed by atoms with Gasteiger partial charge in [0.2, 0.25) is 0 Å². The van der Waals surface area contributed by atoms with Gasteiger partial charge in [0.15, 0.2) is 5.82 Å². The first-order valence-electron chi connectivity index (χ1n) is 7.69. The van der Waals surface area contributed by atoms with Crippen molar-refractivity contribution < 1.29 is 4.74 Å². The second kappa shape index (κ2) is 7.81. The maximum absolute atomic E-state index is 11.8. The van der Waals surface area contributed by atoms with Crippen LogP contribution in [0.25, 0.3) is 0 Å². The normalized spacial score (nSPS) is 10.5. The molecule has 1 N–H and O–H groups in total. The van der Waals surface area contributed by atoms with E-state index in [1.165, 1.54) is 13.3 Å². The Bertz CT molecular complexity index is 909. The fourth-order valence-corrected chi connectivity index (χ4v) is 2.47. The van der Waals surface area contributed by atoms with Crippen LogP contribution in [0.3, 0.4) is 0 Å². The molecular weight excluding hydrogens is 340 g/mol. The molecular formula is C18H17ClN4O2. The summed E-state index contributed by atoms with van der Waals surface area (Å²) in [5.41, 5.74) is 2.11. The summed E-state index contributed by atoms with van der Waals surface area (Å²) in [7, 11) is 1.50. The number of benzene rings is 1. The van der Waals surface area contributed by atoms with Crippen molar-refractivity contribution in [3.8, 4) is 6.01 Å². The molecule has 2 aromatic heterocycles. The number of hydrogen-bond acceptors (Lipinski definition) is 5. The monoisotopic (exact) mass is 356 g/mol. The molecule has 128 valence electrons. The number of pyridine rings is 1. The van der Waals surface area contributed by atoms with Crippen LogP contribution in [0.15, 0.2) is 59.7 Å². The molecule has 0 aliphatic rings. The van der Waals surface area contributed by atoms with Gasteiger partial charge in [-0.05, 0) is 17.2 Å². The molecule has 2 heterocycles. The molecule has 3 rings (SSSR count). The van der Waals surface area contributed by atoms with Crippen molar-refractivity contribution >= 4 is 17.4 Å². The Labute approximate surface area is 150 Å². The van der Waals surface area contributed by atoms with Crippen LogP contribution in [0.4, 0.5) is 5.82 Å². The molecule has 0 bridgehead atoms. The summed E-state index contributed by atoms with van der Waals surface area (Å²) in [5.74, 6) is 0.522. The zero-order valence-corrected chi connectivity index (χ0v) is 14.4. The fraction of sp³-hybridized carbons (Fsp3) is 0.167. The second-order valence-corrected chi connectivity index (χ2v) is 5.80. The number of methoxy groups -OCH3 is 1. The predicted octanol–water partition coefficient (Wildman–Crippen LogP) is 2.96. The van der Waals surface area contributed by atoms with E-state index in [1.54, 1.807) is 22.9 Å². The molecule has 0 saturated carbocycles. The fourth-order valence-electron chi connectivity index (χ4n) is 2.31. The first-order valence-corrected chi connectivity index (χ1v) is 8.07. The molecule has 25 heavy (non-hydrogen) atoms. The minimum atomic E-state index is -0.0133. The van der Waals surface area contributed by atoms with Crippen molar-refractivity contribution in [3.63, 3.8) is 0 Å². The zero-order valence-electron chi connectivity index (χ0n) is 13.6. The molecule has 0 aliphatic carbocycles. The summed E-state index contributed by atoms with van der Waals surface area (Å²) in [4.78, 5) is 19.9. The quantitative estimate of drug-likeness (QED) is 0.735. The zero-order chi connectivity index (χ0) is 17.6. The van der Waals surface area contributed by atoms with Gasteiger partial charge < -0.3 is 14.6 Å². The number of anilines is 1. The summed E-state index contributed by atoms with van der Waals surface area (Å²) in [6.45, 7) is 1.10. The molecule has 0 aliphatic heterocycles. The molecule has 0 radical (unpaired) electrons. The van der Waals surface area contributed by atoms with Gasteiger partial charge in [0.05, 0.1) is 19.9 Å². The predicted molar refractivity (Wildman–Crippen MR) is 97.2 cm³/mol. The molecule has 0 saturated heterocycles. The SMILES string of the molecule is COc1ncc(Cl)c(NCc2ccc(Cn3ccccc3=O)cc2)n1. The third kappa shape index (κ3) is 4.36. The van der Waals surface area contributed by atoms with Gasteiger partial charge in [0, 0.05) is 18.8 Å². The summed E-state index contributed by atoms with van der Waals surface area (Å²) < 4.78 is 6.66. The number of ether oxygens (including phenoxy) is 1. The molecule has 0 atom stereocenters. The maximum Gasteiger partial charge on any atom is 0.318 e. The molecule has 0 spiro atoms. The topological polar surface area (TPSA) is 69.0 Å². The van der Waals surface area contributed by atoms with Crippen molar-refractivity contribution in [1.29, 1.82) is 0 Å². The van der Waals surface area contributed by atoms with Gasteiger partial charge in [0.1, 0.15) is 5.02 Å². The first-order chi connectivity index (χ1) is 12.2. The third-order valence-corrected chi connectivity index (χ3v) is 3.92. The van der Waals surface area contributed by atoms with Gasteiger partial charge >= 0.3 is 6.01 Å². The van der Waals surface area contributed by atoms with Crippen LogP contribution >= 0.6 is 11.6 Å². The van der Waals surface area contributed by atoms with Gasteiger partial charge in [-0.2, -0.15) is 4.98 Å². The molecule has 0 fully saturated rings. The van der Waals surface area contributed by atoms with E-state index in [2.05, 4.69) is 15.3 Å². The molecule has 0 amide bonds. The summed E-state index contributed by atoms with van der Waals surface area (Å²) in [6, 6.07) is 13.4. The molecule has 1 aromatic carbocycles. The Balaban J connectivity index is 1.65. The Kier molecular flexibility index (Phi) is 5.30. The molecule has 6 nitrogen and oxygen atoms in total. The van der Waals surface area contributed by atoms with Crippen LogP contribution < -0.4 is 15.6 Å². The van der Waals surface area contributed by atoms with E-state index in [1.807, 2.05) is 30.3 Å². The van der Waals surface area contributed by atoms with Crippen LogP contribution in [0.5, 0.6) is 6.01 Å². The van der Waals surface area contributed by atoms with Gasteiger partial charge in [-0.15, -0.1) is 0 Å². The van der Waals surface area contributed by atoms with Crippen LogP contribution in [0.2, 0.25) is 5.02 Å². The number of nitrogens with zero attached hydrogens (tertiary/aromatic N) is 3. The Morgan fingerprint density at radius 3 is 2.64 bits per heavy atom. The van der Waals surface area contributed by atoms with Crippen LogP contribution in [0.1, 0.15) is 11.1 Å². The van der Waals surface area contributed by atoms with E-state index >= 15 is 0 Å². The van der Waals surface area contributed by atoms with Gasteiger partial charge in [-0.3, -0.25) is 4.79 Å². The van der Waals surface area contributed by atoms with Crippen LogP contribution in [-0.4, -0.2) is 21.6 Å². The van der Waals surface area contributed by atoms with Crippen LogP contribution in [0, 0.1) is 0 Å². The number of hydrogen-bond donors (Lipinski definition) is 1. The highest BCUT2D eigenvalue weighted by atomic mass is 35.5. The average Bonchev–Trinajstić information content (AvgIpc) is 2.64. The summed E-state index contributed by atoms with van der Waals surface area (Å²) in [6.07, 6.45) is 3.28. The van der Waals surface area contributed by atoms with E-state index < -0.39 is 0 Å². The largest absolute Gasteiger partial charge is 0.467 e. The van der Waals surface area contributed by atoms with E-state index in [4.69, 9.17) is 16.3 Å². The lowest BCUT2D eigenvalue weighted by molar-refractivity contribution is 0.380. The highest BCUT2D eigenvalue weighted by molar-refractivity contribution is 6.32. The van der Waals surface area contributed by atoms with E-state index in [9.17, 15) is 4.79 Å². The van der Waals surface area contributed by atoms with Crippen molar-refractivity contribution in [2.75, 3.05) is 12.4 Å². The highest BCUT2D eigenvalue weighted by Gasteiger charge is 2.05. The smallest absolute Gasteiger partial charge is 0.318 e. The number of aromatic nitrogens is 3.